The fraction of sp³-hybridized carbons (Fsp3) is 0.417. The quantitative estimate of drug-likeness (QED) is 0.388. The van der Waals surface area contributed by atoms with Crippen LogP contribution in [0.15, 0.2) is 42.5 Å². The number of amides is 1. The summed E-state index contributed by atoms with van der Waals surface area (Å²) in [7, 11) is 4.00. The fourth-order valence-corrected chi connectivity index (χ4v) is 4.08. The van der Waals surface area contributed by atoms with Crippen molar-refractivity contribution >= 4 is 32.6 Å². The van der Waals surface area contributed by atoms with Crippen molar-refractivity contribution in [2.75, 3.05) is 45.3 Å². The third-order valence-electron chi connectivity index (χ3n) is 4.75. The van der Waals surface area contributed by atoms with Crippen molar-refractivity contribution in [3.05, 3.63) is 48.0 Å². The molecule has 0 bridgehead atoms. The van der Waals surface area contributed by atoms with Gasteiger partial charge in [0.15, 0.2) is 5.13 Å². The Morgan fingerprint density at radius 3 is 2.58 bits per heavy atom. The normalized spacial score (nSPS) is 11.1. The van der Waals surface area contributed by atoms with Crippen LogP contribution in [0.25, 0.3) is 10.2 Å². The highest BCUT2D eigenvalue weighted by Gasteiger charge is 2.22. The Hall–Kier alpha value is -2.64. The largest absolute Gasteiger partial charge is 0.494 e. The molecule has 1 heterocycles. The third kappa shape index (κ3) is 6.18. The first-order valence-electron chi connectivity index (χ1n) is 10.7. The lowest BCUT2D eigenvalue weighted by atomic mass is 10.2. The Morgan fingerprint density at radius 2 is 1.84 bits per heavy atom. The molecule has 2 aromatic carbocycles. The summed E-state index contributed by atoms with van der Waals surface area (Å²) in [5.74, 6) is 1.46. The van der Waals surface area contributed by atoms with E-state index in [0.717, 1.165) is 41.1 Å². The lowest BCUT2D eigenvalue weighted by molar-refractivity contribution is 0.0984. The molecule has 0 atom stereocenters. The van der Waals surface area contributed by atoms with E-state index in [1.54, 1.807) is 4.90 Å². The first-order chi connectivity index (χ1) is 15.0. The van der Waals surface area contributed by atoms with Gasteiger partial charge in [-0.3, -0.25) is 9.69 Å². The van der Waals surface area contributed by atoms with Gasteiger partial charge in [0, 0.05) is 18.7 Å². The monoisotopic (exact) mass is 441 g/mol. The van der Waals surface area contributed by atoms with Crippen LogP contribution < -0.4 is 14.4 Å². The van der Waals surface area contributed by atoms with Crippen molar-refractivity contribution in [1.82, 2.24) is 9.88 Å². The number of ether oxygens (including phenoxy) is 2. The number of carbonyl (C=O) groups is 1. The van der Waals surface area contributed by atoms with Gasteiger partial charge >= 0.3 is 0 Å². The Balaban J connectivity index is 1.89. The van der Waals surface area contributed by atoms with Crippen LogP contribution in [0.2, 0.25) is 0 Å². The zero-order valence-corrected chi connectivity index (χ0v) is 19.6. The molecular formula is C24H31N3O3S. The number of benzene rings is 2. The lowest BCUT2D eigenvalue weighted by Crippen LogP contribution is -2.36. The zero-order chi connectivity index (χ0) is 22.2. The minimum atomic E-state index is -0.0770. The number of anilines is 1. The maximum absolute atomic E-state index is 13.5. The van der Waals surface area contributed by atoms with Crippen LogP contribution in [0.3, 0.4) is 0 Å². The number of carbonyl (C=O) groups excluding carboxylic acids is 1. The van der Waals surface area contributed by atoms with Gasteiger partial charge in [0.05, 0.1) is 23.4 Å². The van der Waals surface area contributed by atoms with E-state index in [-0.39, 0.29) is 5.91 Å². The molecule has 0 aliphatic heterocycles. The summed E-state index contributed by atoms with van der Waals surface area (Å²) in [4.78, 5) is 22.0. The Labute approximate surface area is 188 Å². The molecule has 0 spiro atoms. The topological polar surface area (TPSA) is 54.9 Å². The molecule has 1 amide bonds. The van der Waals surface area contributed by atoms with Crippen LogP contribution in [0.5, 0.6) is 11.5 Å². The van der Waals surface area contributed by atoms with E-state index in [2.05, 4.69) is 11.8 Å². The van der Waals surface area contributed by atoms with E-state index in [1.807, 2.05) is 63.5 Å². The molecule has 0 fully saturated rings. The fourth-order valence-electron chi connectivity index (χ4n) is 3.06. The van der Waals surface area contributed by atoms with E-state index in [1.165, 1.54) is 11.3 Å². The zero-order valence-electron chi connectivity index (χ0n) is 18.8. The van der Waals surface area contributed by atoms with Crippen LogP contribution in [0, 0.1) is 0 Å². The Morgan fingerprint density at radius 1 is 1.03 bits per heavy atom. The molecule has 3 rings (SSSR count). The van der Waals surface area contributed by atoms with E-state index in [9.17, 15) is 4.79 Å². The average Bonchev–Trinajstić information content (AvgIpc) is 3.17. The lowest BCUT2D eigenvalue weighted by Gasteiger charge is -2.22. The van der Waals surface area contributed by atoms with Gasteiger partial charge in [-0.15, -0.1) is 0 Å². The molecule has 0 radical (unpaired) electrons. The van der Waals surface area contributed by atoms with Crippen LogP contribution in [0.1, 0.15) is 37.0 Å². The second-order valence-electron chi connectivity index (χ2n) is 7.55. The van der Waals surface area contributed by atoms with E-state index in [4.69, 9.17) is 14.5 Å². The van der Waals surface area contributed by atoms with Gasteiger partial charge in [0.2, 0.25) is 0 Å². The standard InChI is InChI=1S/C24H31N3O3S/c1-5-7-15-30-19-10-8-9-18(16-19)23(28)27(14-13-26(3)4)24-25-21-12-11-20(29-6-2)17-22(21)31-24/h8-12,16-17H,5-7,13-15H2,1-4H3. The molecule has 0 aliphatic carbocycles. The maximum Gasteiger partial charge on any atom is 0.260 e. The molecule has 0 aliphatic rings. The molecule has 166 valence electrons. The number of likely N-dealkylation sites (N-methyl/N-ethyl adjacent to an activating group) is 1. The van der Waals surface area contributed by atoms with Gasteiger partial charge in [-0.2, -0.15) is 0 Å². The second-order valence-corrected chi connectivity index (χ2v) is 8.56. The SMILES string of the molecule is CCCCOc1cccc(C(=O)N(CCN(C)C)c2nc3ccc(OCC)cc3s2)c1. The van der Waals surface area contributed by atoms with Crippen LogP contribution in [0.4, 0.5) is 5.13 Å². The highest BCUT2D eigenvalue weighted by Crippen LogP contribution is 2.32. The van der Waals surface area contributed by atoms with E-state index in [0.29, 0.717) is 30.5 Å². The first-order valence-corrected chi connectivity index (χ1v) is 11.6. The average molecular weight is 442 g/mol. The number of unbranched alkanes of at least 4 members (excludes halogenated alkanes) is 1. The van der Waals surface area contributed by atoms with Gasteiger partial charge in [-0.25, -0.2) is 4.98 Å². The number of fused-ring (bicyclic) bond motifs is 1. The van der Waals surface area contributed by atoms with Gasteiger partial charge in [0.1, 0.15) is 11.5 Å². The van der Waals surface area contributed by atoms with Gasteiger partial charge in [0.25, 0.3) is 5.91 Å². The highest BCUT2D eigenvalue weighted by atomic mass is 32.1. The molecule has 6 nitrogen and oxygen atoms in total. The predicted molar refractivity (Wildman–Crippen MR) is 128 cm³/mol. The molecule has 0 N–H and O–H groups in total. The second kappa shape index (κ2) is 11.1. The number of aromatic nitrogens is 1. The van der Waals surface area contributed by atoms with Crippen molar-refractivity contribution in [2.45, 2.75) is 26.7 Å². The summed E-state index contributed by atoms with van der Waals surface area (Å²) in [5, 5.41) is 0.688. The molecule has 0 unspecified atom stereocenters. The molecule has 3 aromatic rings. The van der Waals surface area contributed by atoms with Gasteiger partial charge < -0.3 is 14.4 Å². The summed E-state index contributed by atoms with van der Waals surface area (Å²) < 4.78 is 12.4. The molecule has 0 saturated carbocycles. The number of hydrogen-bond acceptors (Lipinski definition) is 6. The van der Waals surface area contributed by atoms with Crippen LogP contribution in [-0.4, -0.2) is 56.2 Å². The van der Waals surface area contributed by atoms with Gasteiger partial charge in [-0.05, 0) is 63.8 Å². The number of hydrogen-bond donors (Lipinski definition) is 0. The molecule has 7 heteroatoms. The maximum atomic E-state index is 13.5. The molecule has 1 aromatic heterocycles. The smallest absolute Gasteiger partial charge is 0.260 e. The van der Waals surface area contributed by atoms with Crippen molar-refractivity contribution in [3.63, 3.8) is 0 Å². The van der Waals surface area contributed by atoms with Crippen LogP contribution in [-0.2, 0) is 0 Å². The van der Waals surface area contributed by atoms with Crippen molar-refractivity contribution in [2.24, 2.45) is 0 Å². The summed E-state index contributed by atoms with van der Waals surface area (Å²) in [6.07, 6.45) is 2.06. The Kier molecular flexibility index (Phi) is 8.26. The van der Waals surface area contributed by atoms with Crippen molar-refractivity contribution in [1.29, 1.82) is 0 Å². The summed E-state index contributed by atoms with van der Waals surface area (Å²) in [5.41, 5.74) is 1.46. The number of rotatable bonds is 11. The predicted octanol–water partition coefficient (Wildman–Crippen LogP) is 5.08. The summed E-state index contributed by atoms with van der Waals surface area (Å²) in [6, 6.07) is 13.3. The third-order valence-corrected chi connectivity index (χ3v) is 5.80. The number of nitrogens with zero attached hydrogens (tertiary/aromatic N) is 3. The Bertz CT molecular complexity index is 1000. The minimum absolute atomic E-state index is 0.0770. The number of thiazole rings is 1. The van der Waals surface area contributed by atoms with Crippen LogP contribution >= 0.6 is 11.3 Å². The van der Waals surface area contributed by atoms with E-state index >= 15 is 0 Å². The summed E-state index contributed by atoms with van der Waals surface area (Å²) >= 11 is 1.51. The van der Waals surface area contributed by atoms with Crippen molar-refractivity contribution < 1.29 is 14.3 Å². The minimum Gasteiger partial charge on any atom is -0.494 e. The van der Waals surface area contributed by atoms with E-state index < -0.39 is 0 Å². The van der Waals surface area contributed by atoms with Crippen molar-refractivity contribution in [3.8, 4) is 11.5 Å². The highest BCUT2D eigenvalue weighted by molar-refractivity contribution is 7.22. The first kappa shape index (κ1) is 23.0. The molecule has 31 heavy (non-hydrogen) atoms. The molecule has 0 saturated heterocycles. The molecular weight excluding hydrogens is 410 g/mol. The summed E-state index contributed by atoms with van der Waals surface area (Å²) in [6.45, 7) is 6.63. The van der Waals surface area contributed by atoms with Gasteiger partial charge in [-0.1, -0.05) is 30.7 Å².